The van der Waals surface area contributed by atoms with E-state index >= 15 is 4.11 Å². The highest BCUT2D eigenvalue weighted by Crippen LogP contribution is 2.59. The molecule has 0 bridgehead atoms. The summed E-state index contributed by atoms with van der Waals surface area (Å²) >= 11 is 0. The van der Waals surface area contributed by atoms with Crippen LogP contribution in [0.15, 0.2) is 42.5 Å². The molecule has 1 spiro atoms. The van der Waals surface area contributed by atoms with Gasteiger partial charge in [-0.3, -0.25) is 14.5 Å². The zero-order valence-corrected chi connectivity index (χ0v) is 23.9. The number of carbonyl (C=O) groups is 3. The zero-order chi connectivity index (χ0) is 28.4. The Morgan fingerprint density at radius 3 is 2.62 bits per heavy atom. The van der Waals surface area contributed by atoms with E-state index in [1.54, 1.807) is 36.2 Å². The third-order valence-corrected chi connectivity index (χ3v) is 11.5. The number of aliphatic hydroxyl groups excluding tert-OH is 1. The Morgan fingerprint density at radius 2 is 1.95 bits per heavy atom. The van der Waals surface area contributed by atoms with Crippen molar-refractivity contribution in [1.29, 1.82) is 0 Å². The highest BCUT2D eigenvalue weighted by molar-refractivity contribution is 6.72. The lowest BCUT2D eigenvalue weighted by atomic mass is 9.82. The second-order valence-corrected chi connectivity index (χ2v) is 15.6. The smallest absolute Gasteiger partial charge is 0.414 e. The van der Waals surface area contributed by atoms with Gasteiger partial charge in [-0.2, -0.15) is 0 Å². The third kappa shape index (κ3) is 4.13. The lowest BCUT2D eigenvalue weighted by molar-refractivity contribution is -0.149. The maximum absolute atomic E-state index is 16.0. The number of hydrogen-bond donors (Lipinski definition) is 2. The number of anilines is 2. The Bertz CT molecular complexity index is 1380. The fourth-order valence-electron chi connectivity index (χ4n) is 7.18. The number of aliphatic hydroxyl groups is 1. The number of rotatable bonds is 5. The van der Waals surface area contributed by atoms with Crippen LogP contribution in [0.3, 0.4) is 0 Å². The first-order valence-electron chi connectivity index (χ1n) is 13.8. The molecule has 40 heavy (non-hydrogen) atoms. The van der Waals surface area contributed by atoms with Gasteiger partial charge in [-0.15, -0.1) is 0 Å². The number of ether oxygens (including phenoxy) is 2. The second-order valence-electron chi connectivity index (χ2n) is 11.8. The van der Waals surface area contributed by atoms with Crippen LogP contribution < -0.4 is 10.2 Å². The molecule has 9 nitrogen and oxygen atoms in total. The minimum absolute atomic E-state index is 0.101. The number of cyclic esters (lactones) is 1. The van der Waals surface area contributed by atoms with Crippen molar-refractivity contribution in [1.82, 2.24) is 4.90 Å². The predicted molar refractivity (Wildman–Crippen MR) is 148 cm³/mol. The Balaban J connectivity index is 1.33. The van der Waals surface area contributed by atoms with Gasteiger partial charge in [0.15, 0.2) is 5.60 Å². The lowest BCUT2D eigenvalue weighted by Crippen LogP contribution is -2.48. The largest absolute Gasteiger partial charge is 0.447 e. The van der Waals surface area contributed by atoms with E-state index in [-0.39, 0.29) is 31.6 Å². The Morgan fingerprint density at radius 1 is 1.20 bits per heavy atom. The average Bonchev–Trinajstić information content (AvgIpc) is 3.56. The molecule has 2 N–H and O–H groups in total. The van der Waals surface area contributed by atoms with Gasteiger partial charge < -0.3 is 28.9 Å². The van der Waals surface area contributed by atoms with Crippen molar-refractivity contribution in [3.05, 3.63) is 59.2 Å². The van der Waals surface area contributed by atoms with Gasteiger partial charge in [0.05, 0.1) is 31.7 Å². The first kappa shape index (κ1) is 26.9. The van der Waals surface area contributed by atoms with Crippen molar-refractivity contribution in [3.63, 3.8) is 0 Å². The van der Waals surface area contributed by atoms with E-state index in [2.05, 4.69) is 5.32 Å². The lowest BCUT2D eigenvalue weighted by Gasteiger charge is -2.37. The van der Waals surface area contributed by atoms with Crippen LogP contribution in [-0.4, -0.2) is 68.2 Å². The monoisotopic (exact) mass is 567 g/mol. The molecule has 4 aliphatic heterocycles. The molecule has 4 aliphatic rings. The maximum Gasteiger partial charge on any atom is 0.414 e. The van der Waals surface area contributed by atoms with Gasteiger partial charge in [0.25, 0.3) is 5.91 Å². The van der Waals surface area contributed by atoms with E-state index in [1.807, 2.05) is 31.2 Å². The number of benzene rings is 2. The molecule has 2 saturated heterocycles. The minimum Gasteiger partial charge on any atom is -0.447 e. The fraction of sp³-hybridized carbons (Fsp3) is 0.483. The number of hydrogen-bond acceptors (Lipinski definition) is 6. The number of nitrogens with zero attached hydrogens (tertiary/aromatic N) is 2. The SMILES string of the molecule is C[C@H]1[C@H]([Si](C)(C)F)[C@@H](CC(=O)N2Cc3ccccc3C[C@H]2CO)O[C@]12C(=O)Nc1ccc(N3CCOC3=O)cc12. The van der Waals surface area contributed by atoms with Gasteiger partial charge in [0.2, 0.25) is 14.3 Å². The molecule has 2 aromatic carbocycles. The van der Waals surface area contributed by atoms with E-state index in [9.17, 15) is 19.5 Å². The summed E-state index contributed by atoms with van der Waals surface area (Å²) in [5.74, 6) is -1.19. The minimum atomic E-state index is -3.45. The van der Waals surface area contributed by atoms with Crippen LogP contribution in [0.25, 0.3) is 0 Å². The molecule has 0 saturated carbocycles. The highest BCUT2D eigenvalue weighted by atomic mass is 28.4. The molecule has 212 valence electrons. The first-order valence-corrected chi connectivity index (χ1v) is 16.7. The highest BCUT2D eigenvalue weighted by Gasteiger charge is 2.65. The molecular weight excluding hydrogens is 533 g/mol. The molecule has 6 rings (SSSR count). The summed E-state index contributed by atoms with van der Waals surface area (Å²) in [6.45, 7) is 5.83. The van der Waals surface area contributed by atoms with Gasteiger partial charge in [0.1, 0.15) is 6.61 Å². The fourth-order valence-corrected chi connectivity index (χ4v) is 9.68. The molecule has 2 fully saturated rings. The standard InChI is InChI=1S/C29H34FN3O6Si/c1-17-26(40(2,3)30)24(14-25(35)33-15-19-7-5-4-6-18(19)12-21(33)16-34)39-29(17)22-13-20(32-10-11-38-28(32)37)8-9-23(22)31-27(29)36/h4-9,13,17,21,24,26,34H,10-12,14-16H2,1-3H3,(H,31,36)/t17-,21-,24+,26-,29+/m0/s1. The summed E-state index contributed by atoms with van der Waals surface area (Å²) in [4.78, 5) is 42.8. The summed E-state index contributed by atoms with van der Waals surface area (Å²) in [6.07, 6.45) is -0.861. The molecule has 4 heterocycles. The van der Waals surface area contributed by atoms with Gasteiger partial charge in [-0.1, -0.05) is 31.2 Å². The van der Waals surface area contributed by atoms with Crippen LogP contribution in [0.2, 0.25) is 18.6 Å². The average molecular weight is 568 g/mol. The number of nitrogens with one attached hydrogen (secondary N) is 1. The molecular formula is C29H34FN3O6Si. The van der Waals surface area contributed by atoms with Crippen LogP contribution in [0.1, 0.15) is 30.0 Å². The molecule has 0 radical (unpaired) electrons. The maximum atomic E-state index is 16.0. The van der Waals surface area contributed by atoms with E-state index in [0.29, 0.717) is 36.4 Å². The van der Waals surface area contributed by atoms with Crippen LogP contribution >= 0.6 is 0 Å². The molecule has 0 aliphatic carbocycles. The van der Waals surface area contributed by atoms with Gasteiger partial charge in [0, 0.05) is 34.9 Å². The van der Waals surface area contributed by atoms with Crippen LogP contribution in [0.5, 0.6) is 0 Å². The van der Waals surface area contributed by atoms with Gasteiger partial charge in [-0.25, -0.2) is 4.79 Å². The summed E-state index contributed by atoms with van der Waals surface area (Å²) in [7, 11) is -3.45. The molecule has 3 amide bonds. The topological polar surface area (TPSA) is 108 Å². The van der Waals surface area contributed by atoms with Crippen molar-refractivity contribution in [2.75, 3.05) is 30.0 Å². The van der Waals surface area contributed by atoms with Crippen molar-refractivity contribution < 1.29 is 33.1 Å². The zero-order valence-electron chi connectivity index (χ0n) is 22.9. The van der Waals surface area contributed by atoms with E-state index in [1.165, 1.54) is 4.90 Å². The van der Waals surface area contributed by atoms with Crippen LogP contribution in [-0.2, 0) is 37.6 Å². The van der Waals surface area contributed by atoms with Crippen molar-refractivity contribution in [2.24, 2.45) is 5.92 Å². The normalized spacial score (nSPS) is 29.4. The summed E-state index contributed by atoms with van der Waals surface area (Å²) < 4.78 is 27.7. The van der Waals surface area contributed by atoms with Crippen LogP contribution in [0, 0.1) is 5.92 Å². The van der Waals surface area contributed by atoms with Crippen molar-refractivity contribution in [2.45, 2.75) is 62.7 Å². The van der Waals surface area contributed by atoms with E-state index in [0.717, 1.165) is 11.1 Å². The number of fused-ring (bicyclic) bond motifs is 3. The summed E-state index contributed by atoms with van der Waals surface area (Å²) in [5, 5.41) is 13.0. The quantitative estimate of drug-likeness (QED) is 0.421. The number of amides is 3. The van der Waals surface area contributed by atoms with Gasteiger partial charge >= 0.3 is 6.09 Å². The second kappa shape index (κ2) is 9.67. The molecule has 2 aromatic rings. The summed E-state index contributed by atoms with van der Waals surface area (Å²) in [6, 6.07) is 12.7. The van der Waals surface area contributed by atoms with E-state index in [4.69, 9.17) is 9.47 Å². The molecule has 5 atom stereocenters. The van der Waals surface area contributed by atoms with Gasteiger partial charge in [-0.05, 0) is 48.8 Å². The van der Waals surface area contributed by atoms with Crippen molar-refractivity contribution in [3.8, 4) is 0 Å². The van der Waals surface area contributed by atoms with Crippen molar-refractivity contribution >= 4 is 37.7 Å². The molecule has 0 aromatic heterocycles. The molecule has 0 unspecified atom stereocenters. The summed E-state index contributed by atoms with van der Waals surface area (Å²) in [5.41, 5.74) is 1.64. The Labute approximate surface area is 233 Å². The Kier molecular flexibility index (Phi) is 6.51. The van der Waals surface area contributed by atoms with E-state index < -0.39 is 43.6 Å². The number of carbonyl (C=O) groups excluding carboxylic acids is 3. The third-order valence-electron chi connectivity index (χ3n) is 9.03. The molecule has 11 heteroatoms. The predicted octanol–water partition coefficient (Wildman–Crippen LogP) is 3.71. The Hall–Kier alpha value is -3.28. The van der Waals surface area contributed by atoms with Crippen LogP contribution in [0.4, 0.5) is 20.3 Å². The number of halogens is 1. The first-order chi connectivity index (χ1) is 19.0.